The fraction of sp³-hybridized carbons (Fsp3) is 0.400. The van der Waals surface area contributed by atoms with Crippen LogP contribution < -0.4 is 5.32 Å². The van der Waals surface area contributed by atoms with Crippen molar-refractivity contribution >= 4 is 105 Å². The van der Waals surface area contributed by atoms with E-state index in [1.165, 1.54) is 22.3 Å². The fourth-order valence-electron chi connectivity index (χ4n) is 3.46. The summed E-state index contributed by atoms with van der Waals surface area (Å²) in [5, 5.41) is 3.46. The Balaban J connectivity index is -0.0000000526. The van der Waals surface area contributed by atoms with Crippen molar-refractivity contribution in [2.45, 2.75) is 79.6 Å². The highest BCUT2D eigenvalue weighted by Crippen LogP contribution is 2.54. The Labute approximate surface area is 373 Å². The van der Waals surface area contributed by atoms with Crippen LogP contribution in [0.4, 0.5) is 0 Å². The molecule has 0 radical (unpaired) electrons. The zero-order valence-electron chi connectivity index (χ0n) is 32.1. The first-order chi connectivity index (χ1) is 23.9. The number of rotatable bonds is 11. The van der Waals surface area contributed by atoms with Gasteiger partial charge in [-0.25, -0.2) is 0 Å². The van der Waals surface area contributed by atoms with Gasteiger partial charge in [-0.05, 0) is 138 Å². The van der Waals surface area contributed by atoms with Crippen molar-refractivity contribution < 1.29 is 14.3 Å². The first-order valence-electron chi connectivity index (χ1n) is 15.8. The Kier molecular flexibility index (Phi) is 35.3. The van der Waals surface area contributed by atoms with Gasteiger partial charge < -0.3 is 5.32 Å². The second-order valence-corrected chi connectivity index (χ2v) is 24.9. The normalized spacial score (nSPS) is 11.6. The lowest BCUT2D eigenvalue weighted by Crippen LogP contribution is -2.36. The van der Waals surface area contributed by atoms with Gasteiger partial charge in [-0.2, -0.15) is 19.8 Å². The number of hydrogen-bond donors (Lipinski definition) is 1. The van der Waals surface area contributed by atoms with Gasteiger partial charge in [-0.3, -0.25) is 4.67 Å². The van der Waals surface area contributed by atoms with E-state index >= 15 is 0 Å². The third-order valence-electron chi connectivity index (χ3n) is 6.13. The Morgan fingerprint density at radius 1 is 0.623 bits per heavy atom. The number of nitrogens with zero attached hydrogens (tertiary/aromatic N) is 1. The molecule has 0 aliphatic carbocycles. The molecular weight excluding hydrogens is 872 g/mol. The van der Waals surface area contributed by atoms with Crippen LogP contribution in [0.1, 0.15) is 78.1 Å². The maximum atomic E-state index is 6.78. The molecule has 0 aromatic heterocycles. The summed E-state index contributed by atoms with van der Waals surface area (Å²) < 4.78 is 2.36. The van der Waals surface area contributed by atoms with Gasteiger partial charge >= 0.3 is 0 Å². The molecule has 308 valence electrons. The third-order valence-corrected chi connectivity index (χ3v) is 14.8. The lowest BCUT2D eigenvalue weighted by Gasteiger charge is -2.38. The zero-order chi connectivity index (χ0) is 38.9. The molecule has 5 atom stereocenters. The van der Waals surface area contributed by atoms with E-state index in [1.807, 2.05) is 0 Å². The van der Waals surface area contributed by atoms with Crippen LogP contribution in [0.3, 0.4) is 0 Å². The van der Waals surface area contributed by atoms with Crippen LogP contribution in [-0.2, 0) is 13.1 Å². The minimum atomic E-state index is -0.915. The summed E-state index contributed by atoms with van der Waals surface area (Å²) in [4.78, 5) is 0. The van der Waals surface area contributed by atoms with Crippen molar-refractivity contribution in [1.29, 1.82) is 0 Å². The molecule has 0 saturated carbocycles. The summed E-state index contributed by atoms with van der Waals surface area (Å²) in [7, 11) is -2.57. The predicted octanol–water partition coefficient (Wildman–Crippen LogP) is 15.8. The smallest absolute Gasteiger partial charge is 0.0858 e. The highest BCUT2D eigenvalue weighted by Gasteiger charge is 2.28. The summed E-state index contributed by atoms with van der Waals surface area (Å²) in [6, 6.07) is 17.3. The van der Waals surface area contributed by atoms with Gasteiger partial charge in [-0.15, -0.1) is 12.8 Å². The molecule has 13 heteroatoms. The summed E-state index contributed by atoms with van der Waals surface area (Å²) in [6.07, 6.45) is 13.0. The number of nitrogens with one attached hydrogen (secondary N) is 1. The van der Waals surface area contributed by atoms with Gasteiger partial charge in [0, 0.05) is 50.8 Å². The molecule has 0 saturated heterocycles. The van der Waals surface area contributed by atoms with E-state index in [0.717, 1.165) is 31.6 Å². The minimum Gasteiger partial charge on any atom is -0.308 e. The lowest BCUT2D eigenvalue weighted by atomic mass is 10.1. The Hall–Kier alpha value is -0.250. The average molecular weight is 945 g/mol. The summed E-state index contributed by atoms with van der Waals surface area (Å²) >= 11 is 30.1. The van der Waals surface area contributed by atoms with E-state index in [4.69, 9.17) is 69.1 Å². The first-order valence-corrected chi connectivity index (χ1v) is 26.4. The fourth-order valence-corrected chi connectivity index (χ4v) is 12.4. The molecule has 0 fully saturated rings. The number of hydrogen-bond acceptors (Lipinski definition) is 2. The maximum Gasteiger partial charge on any atom is 0.0858 e. The summed E-state index contributed by atoms with van der Waals surface area (Å²) in [5.74, 6) is 19.6. The molecule has 2 aromatic carbocycles. The molecule has 0 spiro atoms. The standard InChI is InChI=1S/C20H23Cl2NP2.C12H19N.C8H5Cl3P2.2H3P.10H2/c1-6-7-8-9-14-24(21)15-16-25(22)23(20(3,4)5)17-19-12-10-18(2)11-13-19;1-10-5-7-11(8-6-10)9-13-12(2,3)4;1-2-3-4-5-6-12(9)7-8-13(10)11;;;;;;;;;;;;/h1,10-13H,15-17H2,2-5H3;5-8,13H,9H2,1-4H3;1H,7-8H2;2*1H3;10*1H. The van der Waals surface area contributed by atoms with Gasteiger partial charge in [0.25, 0.3) is 0 Å². The first kappa shape index (κ1) is 57.1. The van der Waals surface area contributed by atoms with Crippen molar-refractivity contribution in [3.8, 4) is 71.5 Å². The van der Waals surface area contributed by atoms with Crippen LogP contribution >= 0.6 is 105 Å². The average Bonchev–Trinajstić information content (AvgIpc) is 3.06. The number of aryl methyl sites for hydroxylation is 2. The van der Waals surface area contributed by atoms with Crippen molar-refractivity contribution in [3.05, 3.63) is 70.8 Å². The second kappa shape index (κ2) is 32.8. The molecule has 0 amide bonds. The largest absolute Gasteiger partial charge is 0.308 e. The van der Waals surface area contributed by atoms with Crippen LogP contribution in [0.15, 0.2) is 48.5 Å². The quantitative estimate of drug-likeness (QED) is 0.178. The maximum absolute atomic E-state index is 6.78. The summed E-state index contributed by atoms with van der Waals surface area (Å²) in [5.41, 5.74) is 11.1. The van der Waals surface area contributed by atoms with Crippen LogP contribution in [0.2, 0.25) is 0 Å². The Morgan fingerprint density at radius 3 is 1.42 bits per heavy atom. The molecule has 1 N–H and O–H groups in total. The molecule has 0 aliphatic rings. The topological polar surface area (TPSA) is 15.3 Å². The highest BCUT2D eigenvalue weighted by atomic mass is 35.9. The number of halogens is 5. The molecule has 2 nitrogen and oxygen atoms in total. The van der Waals surface area contributed by atoms with E-state index in [9.17, 15) is 0 Å². The predicted molar refractivity (Wildman–Crippen MR) is 283 cm³/mol. The molecule has 53 heavy (non-hydrogen) atoms. The van der Waals surface area contributed by atoms with E-state index in [-0.39, 0.29) is 45.1 Å². The molecule has 0 aliphatic heterocycles. The van der Waals surface area contributed by atoms with E-state index in [2.05, 4.69) is 173 Å². The van der Waals surface area contributed by atoms with Gasteiger partial charge in [-0.1, -0.05) is 116 Å². The number of benzene rings is 2. The van der Waals surface area contributed by atoms with Crippen LogP contribution in [0.5, 0.6) is 0 Å². The zero-order valence-corrected chi connectivity index (χ0v) is 42.2. The van der Waals surface area contributed by atoms with E-state index < -0.39 is 28.6 Å². The molecule has 2 rings (SSSR count). The second-order valence-electron chi connectivity index (χ2n) is 12.8. The lowest BCUT2D eigenvalue weighted by molar-refractivity contribution is 0.259. The van der Waals surface area contributed by atoms with Gasteiger partial charge in [0.2, 0.25) is 0 Å². The van der Waals surface area contributed by atoms with Crippen molar-refractivity contribution in [3.63, 3.8) is 0 Å². The van der Waals surface area contributed by atoms with Crippen LogP contribution in [0, 0.1) is 85.4 Å². The molecule has 0 heterocycles. The molecule has 2 aromatic rings. The van der Waals surface area contributed by atoms with Gasteiger partial charge in [0.15, 0.2) is 0 Å². The SMILES string of the molecule is C#CC#CC#CP(Cl)CCP(Cl)Cl.C#CC#CC#CP(Cl)CCP(Cl)N(Cc1ccc(C)cc1)C(C)(C)C.Cc1ccc(CNC(C)(C)C)cc1.P.P.[HH].[HH].[HH].[HH].[HH].[HH].[HH].[HH].[HH].[HH]. The molecular formula is C40H73Cl5N2P6. The highest BCUT2D eigenvalue weighted by molar-refractivity contribution is 8.04. The Bertz CT molecular complexity index is 1690. The van der Waals surface area contributed by atoms with Crippen LogP contribution in [-0.4, -0.2) is 40.4 Å². The van der Waals surface area contributed by atoms with Crippen molar-refractivity contribution in [2.24, 2.45) is 0 Å². The Morgan fingerprint density at radius 2 is 1.04 bits per heavy atom. The molecule has 0 bridgehead atoms. The van der Waals surface area contributed by atoms with E-state index in [0.29, 0.717) is 6.16 Å². The van der Waals surface area contributed by atoms with Crippen molar-refractivity contribution in [2.75, 3.05) is 24.6 Å². The van der Waals surface area contributed by atoms with Crippen molar-refractivity contribution in [1.82, 2.24) is 9.99 Å². The number of terminal acetylenes is 2. The summed E-state index contributed by atoms with van der Waals surface area (Å²) in [6.45, 7) is 18.2. The van der Waals surface area contributed by atoms with Crippen LogP contribution in [0.25, 0.3) is 0 Å². The van der Waals surface area contributed by atoms with Gasteiger partial charge in [0.1, 0.15) is 0 Å². The van der Waals surface area contributed by atoms with Gasteiger partial charge in [0.05, 0.1) is 28.6 Å². The van der Waals surface area contributed by atoms with E-state index in [1.54, 1.807) is 0 Å². The third kappa shape index (κ3) is 33.6. The minimum absolute atomic E-state index is 0. The monoisotopic (exact) mass is 942 g/mol. The molecule has 5 unspecified atom stereocenters.